The number of aryl methyl sites for hydroxylation is 1. The van der Waals surface area contributed by atoms with Crippen LogP contribution < -0.4 is 10.1 Å². The molecule has 5 nitrogen and oxygen atoms in total. The summed E-state index contributed by atoms with van der Waals surface area (Å²) in [5.41, 5.74) is 1.09. The van der Waals surface area contributed by atoms with Crippen LogP contribution in [0.2, 0.25) is 0 Å². The monoisotopic (exact) mass is 311 g/mol. The molecule has 0 spiro atoms. The average Bonchev–Trinajstić information content (AvgIpc) is 2.46. The van der Waals surface area contributed by atoms with Gasteiger partial charge in [0.2, 0.25) is 5.91 Å². The van der Waals surface area contributed by atoms with Gasteiger partial charge in [0.25, 0.3) is 0 Å². The molecular weight excluding hydrogens is 290 g/mol. The number of carbonyl (C=O) groups is 2. The van der Waals surface area contributed by atoms with Crippen LogP contribution in [0.3, 0.4) is 0 Å². The van der Waals surface area contributed by atoms with Crippen LogP contribution in [0.4, 0.5) is 0 Å². The molecule has 0 bridgehead atoms. The molecule has 116 valence electrons. The maximum Gasteiger partial charge on any atom is 0.313 e. The van der Waals surface area contributed by atoms with Gasteiger partial charge in [0, 0.05) is 18.7 Å². The molecule has 0 unspecified atom stereocenters. The number of rotatable bonds is 10. The number of aliphatic carboxylic acids is 1. The second-order valence-electron chi connectivity index (χ2n) is 4.37. The van der Waals surface area contributed by atoms with Crippen molar-refractivity contribution in [3.8, 4) is 5.75 Å². The SMILES string of the molecule is CCOc1ccc(CCC(=O)NCCSCC(=O)O)cc1. The third-order valence-electron chi connectivity index (χ3n) is 2.67. The predicted molar refractivity (Wildman–Crippen MR) is 83.9 cm³/mol. The smallest absolute Gasteiger partial charge is 0.313 e. The molecule has 21 heavy (non-hydrogen) atoms. The molecule has 0 aliphatic carbocycles. The number of ether oxygens (including phenoxy) is 1. The van der Waals surface area contributed by atoms with E-state index in [1.54, 1.807) is 0 Å². The van der Waals surface area contributed by atoms with Gasteiger partial charge in [-0.15, -0.1) is 11.8 Å². The number of nitrogens with one attached hydrogen (secondary N) is 1. The summed E-state index contributed by atoms with van der Waals surface area (Å²) >= 11 is 1.30. The molecule has 6 heteroatoms. The molecule has 1 amide bonds. The number of hydrogen-bond acceptors (Lipinski definition) is 4. The van der Waals surface area contributed by atoms with Gasteiger partial charge in [0.15, 0.2) is 0 Å². The van der Waals surface area contributed by atoms with Gasteiger partial charge in [-0.25, -0.2) is 0 Å². The number of hydrogen-bond donors (Lipinski definition) is 2. The van der Waals surface area contributed by atoms with Crippen molar-refractivity contribution < 1.29 is 19.4 Å². The van der Waals surface area contributed by atoms with Gasteiger partial charge in [-0.3, -0.25) is 9.59 Å². The number of thioether (sulfide) groups is 1. The second kappa shape index (κ2) is 10.1. The molecule has 0 fully saturated rings. The Hall–Kier alpha value is -1.69. The van der Waals surface area contributed by atoms with E-state index in [1.807, 2.05) is 31.2 Å². The van der Waals surface area contributed by atoms with Crippen molar-refractivity contribution in [1.29, 1.82) is 0 Å². The Labute approximate surface area is 129 Å². The molecule has 0 saturated carbocycles. The van der Waals surface area contributed by atoms with Crippen LogP contribution in [0.1, 0.15) is 18.9 Å². The highest BCUT2D eigenvalue weighted by molar-refractivity contribution is 7.99. The van der Waals surface area contributed by atoms with Crippen LogP contribution in [0.25, 0.3) is 0 Å². The Balaban J connectivity index is 2.16. The van der Waals surface area contributed by atoms with Gasteiger partial charge in [0.05, 0.1) is 12.4 Å². The van der Waals surface area contributed by atoms with Crippen molar-refractivity contribution in [3.63, 3.8) is 0 Å². The van der Waals surface area contributed by atoms with E-state index in [9.17, 15) is 9.59 Å². The summed E-state index contributed by atoms with van der Waals surface area (Å²) < 4.78 is 5.36. The summed E-state index contributed by atoms with van der Waals surface area (Å²) in [6, 6.07) is 7.72. The van der Waals surface area contributed by atoms with Crippen LogP contribution in [0.5, 0.6) is 5.75 Å². The molecule has 0 aliphatic rings. The minimum atomic E-state index is -0.832. The van der Waals surface area contributed by atoms with E-state index < -0.39 is 5.97 Å². The number of carboxylic acids is 1. The van der Waals surface area contributed by atoms with Gasteiger partial charge >= 0.3 is 5.97 Å². The number of carbonyl (C=O) groups excluding carboxylic acids is 1. The molecule has 0 heterocycles. The van der Waals surface area contributed by atoms with Crippen LogP contribution >= 0.6 is 11.8 Å². The number of amides is 1. The van der Waals surface area contributed by atoms with E-state index in [2.05, 4.69) is 5.32 Å². The molecule has 0 radical (unpaired) electrons. The molecule has 2 N–H and O–H groups in total. The van der Waals surface area contributed by atoms with E-state index in [1.165, 1.54) is 11.8 Å². The van der Waals surface area contributed by atoms with Crippen molar-refractivity contribution in [2.45, 2.75) is 19.8 Å². The minimum absolute atomic E-state index is 0.0141. The van der Waals surface area contributed by atoms with Crippen molar-refractivity contribution in [2.24, 2.45) is 0 Å². The Bertz CT molecular complexity index is 447. The number of benzene rings is 1. The lowest BCUT2D eigenvalue weighted by atomic mass is 10.1. The lowest BCUT2D eigenvalue weighted by molar-refractivity contribution is -0.133. The lowest BCUT2D eigenvalue weighted by Crippen LogP contribution is -2.26. The Morgan fingerprint density at radius 3 is 2.62 bits per heavy atom. The maximum absolute atomic E-state index is 11.6. The normalized spacial score (nSPS) is 10.1. The molecule has 1 rings (SSSR count). The zero-order valence-electron chi connectivity index (χ0n) is 12.1. The van der Waals surface area contributed by atoms with E-state index >= 15 is 0 Å². The fraction of sp³-hybridized carbons (Fsp3) is 0.467. The highest BCUT2D eigenvalue weighted by Crippen LogP contribution is 2.13. The number of carboxylic acid groups (broad SMARTS) is 1. The summed E-state index contributed by atoms with van der Waals surface area (Å²) in [7, 11) is 0. The van der Waals surface area contributed by atoms with E-state index in [0.29, 0.717) is 31.7 Å². The van der Waals surface area contributed by atoms with Gasteiger partial charge in [-0.05, 0) is 31.0 Å². The lowest BCUT2D eigenvalue weighted by Gasteiger charge is -2.06. The molecular formula is C15H21NO4S. The van der Waals surface area contributed by atoms with Crippen LogP contribution in [0, 0.1) is 0 Å². The van der Waals surface area contributed by atoms with Gasteiger partial charge in [-0.1, -0.05) is 12.1 Å². The Morgan fingerprint density at radius 2 is 2.00 bits per heavy atom. The summed E-state index contributed by atoms with van der Waals surface area (Å²) in [5.74, 6) is 0.672. The van der Waals surface area contributed by atoms with Crippen molar-refractivity contribution in [1.82, 2.24) is 5.32 Å². The van der Waals surface area contributed by atoms with Crippen molar-refractivity contribution in [3.05, 3.63) is 29.8 Å². The Kier molecular flexibility index (Phi) is 8.35. The van der Waals surface area contributed by atoms with Crippen molar-refractivity contribution >= 4 is 23.6 Å². The van der Waals surface area contributed by atoms with Gasteiger partial charge < -0.3 is 15.2 Å². The third kappa shape index (κ3) is 8.24. The topological polar surface area (TPSA) is 75.6 Å². The molecule has 0 saturated heterocycles. The highest BCUT2D eigenvalue weighted by atomic mass is 32.2. The summed E-state index contributed by atoms with van der Waals surface area (Å²) in [4.78, 5) is 21.9. The van der Waals surface area contributed by atoms with Crippen molar-refractivity contribution in [2.75, 3.05) is 24.7 Å². The fourth-order valence-electron chi connectivity index (χ4n) is 1.69. The first kappa shape index (κ1) is 17.4. The molecule has 1 aromatic rings. The maximum atomic E-state index is 11.6. The highest BCUT2D eigenvalue weighted by Gasteiger charge is 2.03. The fourth-order valence-corrected chi connectivity index (χ4v) is 2.25. The quantitative estimate of drug-likeness (QED) is 0.646. The second-order valence-corrected chi connectivity index (χ2v) is 5.48. The zero-order valence-corrected chi connectivity index (χ0v) is 12.9. The third-order valence-corrected chi connectivity index (χ3v) is 3.61. The summed E-state index contributed by atoms with van der Waals surface area (Å²) in [6.07, 6.45) is 1.11. The zero-order chi connectivity index (χ0) is 15.5. The van der Waals surface area contributed by atoms with Gasteiger partial charge in [-0.2, -0.15) is 0 Å². The van der Waals surface area contributed by atoms with E-state index in [4.69, 9.17) is 9.84 Å². The average molecular weight is 311 g/mol. The first-order valence-corrected chi connectivity index (χ1v) is 8.05. The van der Waals surface area contributed by atoms with Gasteiger partial charge in [0.1, 0.15) is 5.75 Å². The predicted octanol–water partition coefficient (Wildman–Crippen LogP) is 1.95. The molecule has 0 aliphatic heterocycles. The van der Waals surface area contributed by atoms with Crippen LogP contribution in [-0.4, -0.2) is 41.6 Å². The molecule has 0 atom stereocenters. The molecule has 0 aromatic heterocycles. The molecule has 1 aromatic carbocycles. The summed E-state index contributed by atoms with van der Waals surface area (Å²) in [5, 5.41) is 11.2. The van der Waals surface area contributed by atoms with E-state index in [0.717, 1.165) is 11.3 Å². The Morgan fingerprint density at radius 1 is 1.29 bits per heavy atom. The van der Waals surface area contributed by atoms with Crippen LogP contribution in [-0.2, 0) is 16.0 Å². The minimum Gasteiger partial charge on any atom is -0.494 e. The van der Waals surface area contributed by atoms with E-state index in [-0.39, 0.29) is 11.7 Å². The van der Waals surface area contributed by atoms with Crippen LogP contribution in [0.15, 0.2) is 24.3 Å². The largest absolute Gasteiger partial charge is 0.494 e. The summed E-state index contributed by atoms with van der Waals surface area (Å²) in [6.45, 7) is 3.08. The first-order valence-electron chi connectivity index (χ1n) is 6.89. The standard InChI is InChI=1S/C15H21NO4S/c1-2-20-13-6-3-12(4-7-13)5-8-14(17)16-9-10-21-11-15(18)19/h3-4,6-7H,2,5,8-11H2,1H3,(H,16,17)(H,18,19). The first-order chi connectivity index (χ1) is 10.1.